The Kier molecular flexibility index (Phi) is 9.94. The van der Waals surface area contributed by atoms with Gasteiger partial charge in [0.05, 0.1) is 20.3 Å². The molecule has 1 heterocycles. The average molecular weight is 571 g/mol. The number of esters is 1. The van der Waals surface area contributed by atoms with Crippen LogP contribution in [0.5, 0.6) is 5.75 Å². The summed E-state index contributed by atoms with van der Waals surface area (Å²) in [4.78, 5) is 55.7. The van der Waals surface area contributed by atoms with Crippen molar-refractivity contribution in [3.05, 3.63) is 129 Å². The maximum atomic E-state index is 13.5. The lowest BCUT2D eigenvalue weighted by Crippen LogP contribution is -2.45. The smallest absolute Gasteiger partial charge is 0.328 e. The SMILES string of the molecule is COC(=O)CN(CCN(c1ccc(OC)cc1)C(c1ccccc1)c1ccccc1)C(=O)Cn1cc(C)c(=O)[nH]c1=O. The lowest BCUT2D eigenvalue weighted by molar-refractivity contribution is -0.147. The van der Waals surface area contributed by atoms with Gasteiger partial charge in [-0.1, -0.05) is 60.7 Å². The summed E-state index contributed by atoms with van der Waals surface area (Å²) >= 11 is 0. The predicted octanol–water partition coefficient (Wildman–Crippen LogP) is 3.15. The van der Waals surface area contributed by atoms with Gasteiger partial charge in [-0.2, -0.15) is 0 Å². The van der Waals surface area contributed by atoms with Crippen LogP contribution in [0.1, 0.15) is 22.7 Å². The molecule has 0 bridgehead atoms. The third-order valence-corrected chi connectivity index (χ3v) is 6.95. The van der Waals surface area contributed by atoms with Gasteiger partial charge in [-0.15, -0.1) is 0 Å². The van der Waals surface area contributed by atoms with Crippen LogP contribution in [0.2, 0.25) is 0 Å². The molecule has 0 unspecified atom stereocenters. The van der Waals surface area contributed by atoms with Gasteiger partial charge in [0, 0.05) is 30.5 Å². The Bertz CT molecular complexity index is 1560. The van der Waals surface area contributed by atoms with E-state index in [-0.39, 0.29) is 25.7 Å². The lowest BCUT2D eigenvalue weighted by Gasteiger charge is -2.36. The number of carbonyl (C=O) groups is 2. The predicted molar refractivity (Wildman–Crippen MR) is 160 cm³/mol. The zero-order valence-electron chi connectivity index (χ0n) is 23.9. The number of ether oxygens (including phenoxy) is 2. The van der Waals surface area contributed by atoms with Crippen LogP contribution in [0.3, 0.4) is 0 Å². The van der Waals surface area contributed by atoms with Crippen LogP contribution in [-0.4, -0.2) is 60.2 Å². The summed E-state index contributed by atoms with van der Waals surface area (Å²) in [5.74, 6) is -0.356. The topological polar surface area (TPSA) is 114 Å². The molecule has 10 nitrogen and oxygen atoms in total. The number of aryl methyl sites for hydroxylation is 1. The third-order valence-electron chi connectivity index (χ3n) is 6.95. The number of anilines is 1. The summed E-state index contributed by atoms with van der Waals surface area (Å²) in [7, 11) is 2.86. The summed E-state index contributed by atoms with van der Waals surface area (Å²) < 4.78 is 11.4. The van der Waals surface area contributed by atoms with Gasteiger partial charge >= 0.3 is 11.7 Å². The van der Waals surface area contributed by atoms with E-state index in [4.69, 9.17) is 9.47 Å². The number of nitrogens with one attached hydrogen (secondary N) is 1. The van der Waals surface area contributed by atoms with Gasteiger partial charge in [0.15, 0.2) is 0 Å². The van der Waals surface area contributed by atoms with Gasteiger partial charge < -0.3 is 19.3 Å². The van der Waals surface area contributed by atoms with Crippen molar-refractivity contribution in [1.29, 1.82) is 0 Å². The molecule has 218 valence electrons. The second-order valence-electron chi connectivity index (χ2n) is 9.71. The quantitative estimate of drug-likeness (QED) is 0.260. The van der Waals surface area contributed by atoms with Crippen LogP contribution in [0.15, 0.2) is 101 Å². The minimum Gasteiger partial charge on any atom is -0.497 e. The van der Waals surface area contributed by atoms with Crippen LogP contribution in [0.4, 0.5) is 5.69 Å². The molecule has 10 heteroatoms. The second-order valence-corrected chi connectivity index (χ2v) is 9.71. The van der Waals surface area contributed by atoms with Crippen LogP contribution >= 0.6 is 0 Å². The van der Waals surface area contributed by atoms with E-state index in [9.17, 15) is 19.2 Å². The van der Waals surface area contributed by atoms with Crippen molar-refractivity contribution in [3.8, 4) is 5.75 Å². The monoisotopic (exact) mass is 570 g/mol. The molecule has 0 atom stereocenters. The van der Waals surface area contributed by atoms with E-state index in [1.165, 1.54) is 18.2 Å². The van der Waals surface area contributed by atoms with Gasteiger partial charge in [0.1, 0.15) is 18.8 Å². The summed E-state index contributed by atoms with van der Waals surface area (Å²) in [5, 5.41) is 0. The van der Waals surface area contributed by atoms with Gasteiger partial charge in [0.2, 0.25) is 5.91 Å². The van der Waals surface area contributed by atoms with Crippen LogP contribution in [0, 0.1) is 6.92 Å². The van der Waals surface area contributed by atoms with Gasteiger partial charge in [-0.05, 0) is 42.3 Å². The number of rotatable bonds is 12. The molecule has 0 aliphatic heterocycles. The van der Waals surface area contributed by atoms with E-state index in [0.717, 1.165) is 21.4 Å². The number of nitrogens with zero attached hydrogens (tertiary/aromatic N) is 3. The number of methoxy groups -OCH3 is 2. The minimum absolute atomic E-state index is 0.146. The number of aromatic nitrogens is 2. The highest BCUT2D eigenvalue weighted by Gasteiger charge is 2.26. The van der Waals surface area contributed by atoms with Crippen LogP contribution < -0.4 is 20.9 Å². The van der Waals surface area contributed by atoms with Gasteiger partial charge in [0.25, 0.3) is 5.56 Å². The van der Waals surface area contributed by atoms with E-state index in [0.29, 0.717) is 17.9 Å². The van der Waals surface area contributed by atoms with Crippen molar-refractivity contribution in [2.75, 3.05) is 38.8 Å². The maximum Gasteiger partial charge on any atom is 0.328 e. The molecule has 0 saturated heterocycles. The number of hydrogen-bond donors (Lipinski definition) is 1. The van der Waals surface area contributed by atoms with Crippen LogP contribution in [-0.2, 0) is 20.9 Å². The average Bonchev–Trinajstić information content (AvgIpc) is 3.02. The number of carbonyl (C=O) groups excluding carboxylic acids is 2. The Balaban J connectivity index is 1.71. The molecule has 0 aliphatic carbocycles. The molecule has 3 aromatic carbocycles. The number of benzene rings is 3. The van der Waals surface area contributed by atoms with Gasteiger partial charge in [-0.25, -0.2) is 4.79 Å². The Labute approximate surface area is 243 Å². The van der Waals surface area contributed by atoms with E-state index in [1.807, 2.05) is 60.7 Å². The standard InChI is InChI=1S/C32H34N4O6/c1-23-20-35(32(40)33-31(23)39)21-28(37)34(22-29(38)42-3)18-19-36(26-14-16-27(41-2)17-15-26)30(24-10-6-4-7-11-24)25-12-8-5-9-13-25/h4-17,20,30H,18-19,21-22H2,1-3H3,(H,33,39,40). The Morgan fingerprint density at radius 3 is 2.00 bits per heavy atom. The molecule has 1 N–H and O–H groups in total. The highest BCUT2D eigenvalue weighted by atomic mass is 16.5. The Morgan fingerprint density at radius 2 is 1.45 bits per heavy atom. The fourth-order valence-corrected chi connectivity index (χ4v) is 4.73. The van der Waals surface area contributed by atoms with E-state index in [2.05, 4.69) is 34.1 Å². The van der Waals surface area contributed by atoms with Crippen LogP contribution in [0.25, 0.3) is 0 Å². The Hall–Kier alpha value is -5.12. The molecule has 0 spiro atoms. The first-order chi connectivity index (χ1) is 20.3. The van der Waals surface area contributed by atoms with Crippen molar-refractivity contribution >= 4 is 17.6 Å². The van der Waals surface area contributed by atoms with Crippen molar-refractivity contribution in [3.63, 3.8) is 0 Å². The molecule has 1 aromatic heterocycles. The zero-order valence-corrected chi connectivity index (χ0v) is 23.9. The molecular weight excluding hydrogens is 536 g/mol. The fraction of sp³-hybridized carbons (Fsp3) is 0.250. The van der Waals surface area contributed by atoms with E-state index >= 15 is 0 Å². The number of amides is 1. The minimum atomic E-state index is -0.704. The summed E-state index contributed by atoms with van der Waals surface area (Å²) in [6.07, 6.45) is 1.33. The molecule has 1 amide bonds. The molecule has 4 rings (SSSR count). The van der Waals surface area contributed by atoms with Crippen molar-refractivity contribution < 1.29 is 19.1 Å². The highest BCUT2D eigenvalue weighted by molar-refractivity contribution is 5.82. The second kappa shape index (κ2) is 14.0. The number of hydrogen-bond acceptors (Lipinski definition) is 7. The highest BCUT2D eigenvalue weighted by Crippen LogP contribution is 2.33. The molecule has 0 aliphatic rings. The van der Waals surface area contributed by atoms with Crippen molar-refractivity contribution in [2.24, 2.45) is 0 Å². The lowest BCUT2D eigenvalue weighted by atomic mass is 9.96. The fourth-order valence-electron chi connectivity index (χ4n) is 4.73. The molecule has 0 fully saturated rings. The Morgan fingerprint density at radius 1 is 0.857 bits per heavy atom. The molecular formula is C32H34N4O6. The van der Waals surface area contributed by atoms with Crippen molar-refractivity contribution in [1.82, 2.24) is 14.5 Å². The molecule has 4 aromatic rings. The number of aromatic amines is 1. The first kappa shape index (κ1) is 29.9. The summed E-state index contributed by atoms with van der Waals surface area (Å²) in [6, 6.07) is 27.5. The van der Waals surface area contributed by atoms with E-state index < -0.39 is 23.1 Å². The van der Waals surface area contributed by atoms with E-state index in [1.54, 1.807) is 14.0 Å². The first-order valence-corrected chi connectivity index (χ1v) is 13.5. The van der Waals surface area contributed by atoms with Crippen molar-refractivity contribution in [2.45, 2.75) is 19.5 Å². The molecule has 42 heavy (non-hydrogen) atoms. The zero-order chi connectivity index (χ0) is 30.1. The number of H-pyrrole nitrogens is 1. The third kappa shape index (κ3) is 7.34. The normalized spacial score (nSPS) is 10.8. The molecule has 0 radical (unpaired) electrons. The maximum absolute atomic E-state index is 13.5. The largest absolute Gasteiger partial charge is 0.497 e. The molecule has 0 saturated carbocycles. The summed E-state index contributed by atoms with van der Waals surface area (Å²) in [6.45, 7) is 1.38. The van der Waals surface area contributed by atoms with Gasteiger partial charge in [-0.3, -0.25) is 23.9 Å². The first-order valence-electron chi connectivity index (χ1n) is 13.5. The summed E-state index contributed by atoms with van der Waals surface area (Å²) in [5.41, 5.74) is 2.04.